The number of nitrogens with one attached hydrogen (secondary N) is 1. The van der Waals surface area contributed by atoms with E-state index in [9.17, 15) is 5.11 Å². The van der Waals surface area contributed by atoms with Gasteiger partial charge in [0, 0.05) is 5.69 Å². The Kier molecular flexibility index (Phi) is 3.49. The summed E-state index contributed by atoms with van der Waals surface area (Å²) in [6.07, 6.45) is 1.53. The van der Waals surface area contributed by atoms with Gasteiger partial charge in [-0.1, -0.05) is 42.0 Å². The van der Waals surface area contributed by atoms with Crippen LogP contribution in [-0.2, 0) is 6.42 Å². The molecular formula is C18H21NO. The Balaban J connectivity index is 1.84. The molecule has 1 aliphatic rings. The number of aryl methyl sites for hydroxylation is 3. The predicted octanol–water partition coefficient (Wildman–Crippen LogP) is 3.76. The van der Waals surface area contributed by atoms with Crippen LogP contribution in [0.25, 0.3) is 0 Å². The molecule has 2 atom stereocenters. The summed E-state index contributed by atoms with van der Waals surface area (Å²) in [6.45, 7) is 4.15. The molecule has 2 heteroatoms. The van der Waals surface area contributed by atoms with Gasteiger partial charge >= 0.3 is 0 Å². The van der Waals surface area contributed by atoms with E-state index in [0.717, 1.165) is 29.7 Å². The molecule has 2 unspecified atom stereocenters. The number of aliphatic hydroxyl groups is 1. The highest BCUT2D eigenvalue weighted by molar-refractivity contribution is 5.54. The summed E-state index contributed by atoms with van der Waals surface area (Å²) in [4.78, 5) is 0. The van der Waals surface area contributed by atoms with Crippen LogP contribution in [0.15, 0.2) is 42.5 Å². The van der Waals surface area contributed by atoms with Crippen molar-refractivity contribution in [3.05, 3.63) is 64.7 Å². The molecule has 0 saturated carbocycles. The Morgan fingerprint density at radius 1 is 1.15 bits per heavy atom. The summed E-state index contributed by atoms with van der Waals surface area (Å²) < 4.78 is 0. The second-order valence-electron chi connectivity index (χ2n) is 5.75. The van der Waals surface area contributed by atoms with Gasteiger partial charge in [0.15, 0.2) is 0 Å². The summed E-state index contributed by atoms with van der Waals surface area (Å²) >= 11 is 0. The molecule has 20 heavy (non-hydrogen) atoms. The van der Waals surface area contributed by atoms with Crippen molar-refractivity contribution in [3.8, 4) is 0 Å². The van der Waals surface area contributed by atoms with Gasteiger partial charge in [-0.25, -0.2) is 0 Å². The van der Waals surface area contributed by atoms with E-state index < -0.39 is 6.10 Å². The zero-order valence-electron chi connectivity index (χ0n) is 12.1. The van der Waals surface area contributed by atoms with Crippen molar-refractivity contribution < 1.29 is 5.11 Å². The quantitative estimate of drug-likeness (QED) is 0.868. The largest absolute Gasteiger partial charge is 0.386 e. The van der Waals surface area contributed by atoms with Gasteiger partial charge in [-0.05, 0) is 49.4 Å². The lowest BCUT2D eigenvalue weighted by atomic mass is 9.90. The molecule has 0 amide bonds. The number of fused-ring (bicyclic) bond motifs is 1. The van der Waals surface area contributed by atoms with E-state index in [1.165, 1.54) is 11.1 Å². The summed E-state index contributed by atoms with van der Waals surface area (Å²) in [5.41, 5.74) is 5.94. The molecule has 2 N–H and O–H groups in total. The molecule has 0 aromatic heterocycles. The molecule has 104 valence electrons. The molecule has 0 radical (unpaired) electrons. The molecule has 0 bridgehead atoms. The van der Waals surface area contributed by atoms with Crippen LogP contribution >= 0.6 is 0 Å². The van der Waals surface area contributed by atoms with Gasteiger partial charge in [0.2, 0.25) is 0 Å². The molecular weight excluding hydrogens is 246 g/mol. The maximum atomic E-state index is 10.7. The molecule has 0 saturated heterocycles. The number of aliphatic hydroxyl groups excluding tert-OH is 1. The number of rotatable bonds is 2. The van der Waals surface area contributed by atoms with E-state index >= 15 is 0 Å². The highest BCUT2D eigenvalue weighted by atomic mass is 16.3. The third kappa shape index (κ3) is 2.44. The van der Waals surface area contributed by atoms with E-state index in [2.05, 4.69) is 55.6 Å². The molecule has 2 aromatic carbocycles. The van der Waals surface area contributed by atoms with Crippen molar-refractivity contribution in [2.24, 2.45) is 0 Å². The molecule has 1 aliphatic heterocycles. The second-order valence-corrected chi connectivity index (χ2v) is 5.75. The van der Waals surface area contributed by atoms with Gasteiger partial charge in [-0.15, -0.1) is 0 Å². The SMILES string of the molecule is Cc1ccc(C(O)C2CCc3ccccc3N2)c(C)c1. The third-order valence-corrected chi connectivity index (χ3v) is 4.21. The van der Waals surface area contributed by atoms with Crippen molar-refractivity contribution in [2.75, 3.05) is 5.32 Å². The van der Waals surface area contributed by atoms with Crippen molar-refractivity contribution in [2.45, 2.75) is 38.8 Å². The first-order valence-corrected chi connectivity index (χ1v) is 7.25. The van der Waals surface area contributed by atoms with Gasteiger partial charge in [0.25, 0.3) is 0 Å². The van der Waals surface area contributed by atoms with Gasteiger partial charge in [-0.2, -0.15) is 0 Å². The highest BCUT2D eigenvalue weighted by Gasteiger charge is 2.26. The monoisotopic (exact) mass is 267 g/mol. The van der Waals surface area contributed by atoms with Crippen LogP contribution in [-0.4, -0.2) is 11.1 Å². The molecule has 1 heterocycles. The number of para-hydroxylation sites is 1. The molecule has 0 fully saturated rings. The fraction of sp³-hybridized carbons (Fsp3) is 0.333. The van der Waals surface area contributed by atoms with Crippen LogP contribution in [0.3, 0.4) is 0 Å². The van der Waals surface area contributed by atoms with Crippen LogP contribution in [0.4, 0.5) is 5.69 Å². The van der Waals surface area contributed by atoms with E-state index in [-0.39, 0.29) is 6.04 Å². The Labute approximate surface area is 120 Å². The van der Waals surface area contributed by atoms with Crippen LogP contribution in [0, 0.1) is 13.8 Å². The minimum atomic E-state index is -0.455. The maximum Gasteiger partial charge on any atom is 0.0993 e. The maximum absolute atomic E-state index is 10.7. The van der Waals surface area contributed by atoms with Crippen molar-refractivity contribution in [1.82, 2.24) is 0 Å². The van der Waals surface area contributed by atoms with E-state index in [0.29, 0.717) is 0 Å². The fourth-order valence-electron chi connectivity index (χ4n) is 3.07. The topological polar surface area (TPSA) is 32.3 Å². The minimum absolute atomic E-state index is 0.0892. The number of benzene rings is 2. The standard InChI is InChI=1S/C18H21NO/c1-12-7-9-15(13(2)11-12)18(20)17-10-8-14-5-3-4-6-16(14)19-17/h3-7,9,11,17-20H,8,10H2,1-2H3. The van der Waals surface area contributed by atoms with Crippen LogP contribution in [0.5, 0.6) is 0 Å². The summed E-state index contributed by atoms with van der Waals surface area (Å²) in [5, 5.41) is 14.2. The van der Waals surface area contributed by atoms with Crippen molar-refractivity contribution in [1.29, 1.82) is 0 Å². The Bertz CT molecular complexity index is 621. The van der Waals surface area contributed by atoms with Crippen LogP contribution in [0.2, 0.25) is 0 Å². The smallest absolute Gasteiger partial charge is 0.0993 e. The summed E-state index contributed by atoms with van der Waals surface area (Å²) in [5.74, 6) is 0. The van der Waals surface area contributed by atoms with Gasteiger partial charge in [0.05, 0.1) is 12.1 Å². The normalized spacial score (nSPS) is 19.1. The van der Waals surface area contributed by atoms with Gasteiger partial charge < -0.3 is 10.4 Å². The van der Waals surface area contributed by atoms with Gasteiger partial charge in [-0.3, -0.25) is 0 Å². The zero-order valence-corrected chi connectivity index (χ0v) is 12.1. The zero-order chi connectivity index (χ0) is 14.1. The Hall–Kier alpha value is -1.80. The third-order valence-electron chi connectivity index (χ3n) is 4.21. The average Bonchev–Trinajstić information content (AvgIpc) is 2.46. The van der Waals surface area contributed by atoms with Gasteiger partial charge in [0.1, 0.15) is 0 Å². The average molecular weight is 267 g/mol. The molecule has 0 aliphatic carbocycles. The number of hydrogen-bond acceptors (Lipinski definition) is 2. The molecule has 2 nitrogen and oxygen atoms in total. The summed E-state index contributed by atoms with van der Waals surface area (Å²) in [7, 11) is 0. The lowest BCUT2D eigenvalue weighted by molar-refractivity contribution is 0.148. The summed E-state index contributed by atoms with van der Waals surface area (Å²) in [6, 6.07) is 14.7. The predicted molar refractivity (Wildman–Crippen MR) is 83.0 cm³/mol. The van der Waals surface area contributed by atoms with Crippen molar-refractivity contribution >= 4 is 5.69 Å². The first kappa shape index (κ1) is 13.2. The first-order chi connectivity index (χ1) is 9.65. The first-order valence-electron chi connectivity index (χ1n) is 7.25. The Morgan fingerprint density at radius 2 is 1.95 bits per heavy atom. The van der Waals surface area contributed by atoms with E-state index in [1.807, 2.05) is 6.07 Å². The highest BCUT2D eigenvalue weighted by Crippen LogP contribution is 2.31. The lowest BCUT2D eigenvalue weighted by Gasteiger charge is -2.31. The second kappa shape index (κ2) is 5.29. The fourth-order valence-corrected chi connectivity index (χ4v) is 3.07. The molecule has 3 rings (SSSR count). The van der Waals surface area contributed by atoms with E-state index in [1.54, 1.807) is 0 Å². The van der Waals surface area contributed by atoms with E-state index in [4.69, 9.17) is 0 Å². The van der Waals surface area contributed by atoms with Crippen molar-refractivity contribution in [3.63, 3.8) is 0 Å². The molecule has 0 spiro atoms. The Morgan fingerprint density at radius 3 is 2.75 bits per heavy atom. The molecule has 2 aromatic rings. The lowest BCUT2D eigenvalue weighted by Crippen LogP contribution is -2.32. The number of anilines is 1. The number of hydrogen-bond donors (Lipinski definition) is 2. The van der Waals surface area contributed by atoms with Crippen LogP contribution < -0.4 is 5.32 Å². The van der Waals surface area contributed by atoms with Crippen LogP contribution in [0.1, 0.15) is 34.8 Å². The minimum Gasteiger partial charge on any atom is -0.386 e.